The number of hydrogen-bond donors (Lipinski definition) is 2. The number of furan rings is 2. The largest absolute Gasteiger partial charge is 0.468 e. The Kier molecular flexibility index (Phi) is 6.26. The van der Waals surface area contributed by atoms with E-state index < -0.39 is 28.3 Å². The molecule has 1 amide bonds. The number of esters is 1. The summed E-state index contributed by atoms with van der Waals surface area (Å²) in [5.41, 5.74) is 5.73. The zero-order valence-electron chi connectivity index (χ0n) is 19.6. The highest BCUT2D eigenvalue weighted by atomic mass is 32.1. The Labute approximate surface area is 216 Å². The van der Waals surface area contributed by atoms with Crippen LogP contribution in [0.3, 0.4) is 0 Å². The Morgan fingerprint density at radius 2 is 1.84 bits per heavy atom. The molecular weight excluding hydrogens is 516 g/mol. The van der Waals surface area contributed by atoms with Gasteiger partial charge in [-0.25, -0.2) is 4.79 Å². The quantitative estimate of drug-likeness (QED) is 0.212. The fraction of sp³-hybridized carbons (Fsp3) is 0.0800. The third-order valence-corrected chi connectivity index (χ3v) is 6.89. The third-order valence-electron chi connectivity index (χ3n) is 5.78. The summed E-state index contributed by atoms with van der Waals surface area (Å²) in [6.45, 7) is 0. The standard InChI is InChI=1S/C25H18N4O8S/c1-35-25(32)19-18(16-5-3-11-37-16)20(22(30)27-13-6-8-14(9-7-13)29(33)34)24-28(21(19)26)23(31)17(38-24)12-15-4-2-10-36-15/h2-12,18H,26H2,1H3,(H,27,30)/b17-12+. The molecule has 3 aromatic heterocycles. The maximum Gasteiger partial charge on any atom is 0.338 e. The number of fused-ring (bicyclic) bond motifs is 1. The molecule has 0 aliphatic carbocycles. The lowest BCUT2D eigenvalue weighted by molar-refractivity contribution is -0.384. The third kappa shape index (κ3) is 4.20. The lowest BCUT2D eigenvalue weighted by atomic mass is 9.86. The number of anilines is 1. The minimum absolute atomic E-state index is 0.00547. The van der Waals surface area contributed by atoms with Crippen LogP contribution >= 0.6 is 11.3 Å². The maximum atomic E-state index is 13.8. The molecule has 0 saturated carbocycles. The van der Waals surface area contributed by atoms with Gasteiger partial charge in [0, 0.05) is 23.9 Å². The smallest absolute Gasteiger partial charge is 0.338 e. The van der Waals surface area contributed by atoms with Gasteiger partial charge in [-0.05, 0) is 36.4 Å². The van der Waals surface area contributed by atoms with E-state index in [1.165, 1.54) is 42.9 Å². The molecule has 12 nitrogen and oxygen atoms in total. The predicted octanol–water partition coefficient (Wildman–Crippen LogP) is 1.72. The molecule has 13 heteroatoms. The molecule has 1 atom stereocenters. The van der Waals surface area contributed by atoms with Crippen LogP contribution in [-0.4, -0.2) is 28.5 Å². The number of ether oxygens (including phenoxy) is 1. The monoisotopic (exact) mass is 534 g/mol. The van der Waals surface area contributed by atoms with Crippen LogP contribution in [0.5, 0.6) is 0 Å². The van der Waals surface area contributed by atoms with E-state index in [0.717, 1.165) is 23.0 Å². The number of aromatic nitrogens is 1. The number of nitro groups is 1. The van der Waals surface area contributed by atoms with E-state index in [0.29, 0.717) is 5.76 Å². The average molecular weight is 535 g/mol. The SMILES string of the molecule is COC(=O)C1=C(N)n2c(s/c(=C/c3ccco3)c2=O)=C(C(=O)Nc2ccc([N+](=O)[O-])cc2)C1c1ccco1. The predicted molar refractivity (Wildman–Crippen MR) is 136 cm³/mol. The minimum atomic E-state index is -1.12. The van der Waals surface area contributed by atoms with Crippen molar-refractivity contribution in [3.63, 3.8) is 0 Å². The topological polar surface area (TPSA) is 173 Å². The first kappa shape index (κ1) is 24.5. The first-order chi connectivity index (χ1) is 18.3. The molecule has 1 aromatic carbocycles. The van der Waals surface area contributed by atoms with Crippen LogP contribution in [0.2, 0.25) is 0 Å². The zero-order chi connectivity index (χ0) is 27.0. The molecule has 38 heavy (non-hydrogen) atoms. The van der Waals surface area contributed by atoms with Gasteiger partial charge in [-0.15, -0.1) is 11.3 Å². The van der Waals surface area contributed by atoms with E-state index in [9.17, 15) is 24.5 Å². The first-order valence-electron chi connectivity index (χ1n) is 11.0. The van der Waals surface area contributed by atoms with Crippen LogP contribution in [0.1, 0.15) is 17.4 Å². The number of thiazole rings is 1. The number of carbonyl (C=O) groups excluding carboxylic acids is 2. The molecule has 0 radical (unpaired) electrons. The molecule has 0 spiro atoms. The van der Waals surface area contributed by atoms with E-state index in [-0.39, 0.29) is 43.3 Å². The number of amides is 1. The number of methoxy groups -OCH3 is 1. The van der Waals surface area contributed by atoms with Crippen molar-refractivity contribution < 1.29 is 28.1 Å². The molecule has 192 valence electrons. The summed E-state index contributed by atoms with van der Waals surface area (Å²) in [5.74, 6) is -2.26. The van der Waals surface area contributed by atoms with Crippen LogP contribution in [0, 0.1) is 10.1 Å². The molecule has 1 aliphatic rings. The van der Waals surface area contributed by atoms with Crippen molar-refractivity contribution in [2.24, 2.45) is 5.73 Å². The van der Waals surface area contributed by atoms with Crippen molar-refractivity contribution in [3.8, 4) is 0 Å². The lowest BCUT2D eigenvalue weighted by Crippen LogP contribution is -2.42. The fourth-order valence-electron chi connectivity index (χ4n) is 4.09. The Bertz CT molecular complexity index is 1760. The minimum Gasteiger partial charge on any atom is -0.468 e. The number of nitrogens with two attached hydrogens (primary N) is 1. The number of carbonyl (C=O) groups is 2. The number of nitrogens with zero attached hydrogens (tertiary/aromatic N) is 2. The van der Waals surface area contributed by atoms with Crippen LogP contribution in [0.4, 0.5) is 11.4 Å². The maximum absolute atomic E-state index is 13.8. The number of non-ortho nitro benzene ring substituents is 1. The summed E-state index contributed by atoms with van der Waals surface area (Å²) in [6, 6.07) is 11.7. The average Bonchev–Trinajstić information content (AvgIpc) is 3.67. The Morgan fingerprint density at radius 1 is 1.13 bits per heavy atom. The van der Waals surface area contributed by atoms with Crippen molar-refractivity contribution >= 4 is 52.1 Å². The second-order valence-electron chi connectivity index (χ2n) is 7.98. The number of nitrogens with one attached hydrogen (secondary N) is 1. The van der Waals surface area contributed by atoms with Gasteiger partial charge in [0.05, 0.1) is 46.2 Å². The molecule has 4 heterocycles. The van der Waals surface area contributed by atoms with Crippen LogP contribution in [0.25, 0.3) is 17.5 Å². The van der Waals surface area contributed by atoms with E-state index in [2.05, 4.69) is 5.32 Å². The lowest BCUT2D eigenvalue weighted by Gasteiger charge is -2.25. The van der Waals surface area contributed by atoms with E-state index in [1.807, 2.05) is 0 Å². The van der Waals surface area contributed by atoms with Crippen LogP contribution in [-0.2, 0) is 14.3 Å². The molecule has 5 rings (SSSR count). The molecule has 0 saturated heterocycles. The summed E-state index contributed by atoms with van der Waals surface area (Å²) in [7, 11) is 1.15. The molecule has 0 fully saturated rings. The zero-order valence-corrected chi connectivity index (χ0v) is 20.4. The molecule has 4 aromatic rings. The van der Waals surface area contributed by atoms with Crippen molar-refractivity contribution in [3.05, 3.63) is 108 Å². The van der Waals surface area contributed by atoms with Crippen molar-refractivity contribution in [2.75, 3.05) is 12.4 Å². The highest BCUT2D eigenvalue weighted by Crippen LogP contribution is 2.37. The van der Waals surface area contributed by atoms with Gasteiger partial charge in [0.15, 0.2) is 0 Å². The molecule has 1 unspecified atom stereocenters. The summed E-state index contributed by atoms with van der Waals surface area (Å²) in [6.07, 6.45) is 4.32. The highest BCUT2D eigenvalue weighted by Gasteiger charge is 2.40. The molecular formula is C25H18N4O8S. The van der Waals surface area contributed by atoms with E-state index in [1.54, 1.807) is 24.3 Å². The second kappa shape index (κ2) is 9.71. The van der Waals surface area contributed by atoms with Crippen LogP contribution < -0.4 is 25.8 Å². The Hall–Kier alpha value is -5.17. The fourth-order valence-corrected chi connectivity index (χ4v) is 5.24. The van der Waals surface area contributed by atoms with E-state index in [4.69, 9.17) is 19.3 Å². The summed E-state index contributed by atoms with van der Waals surface area (Å²) in [5, 5.41) is 13.7. The number of hydrogen-bond acceptors (Lipinski definition) is 10. The Balaban J connectivity index is 1.77. The number of rotatable bonds is 6. The van der Waals surface area contributed by atoms with Gasteiger partial charge in [-0.1, -0.05) is 0 Å². The van der Waals surface area contributed by atoms with Gasteiger partial charge in [-0.3, -0.25) is 24.3 Å². The van der Waals surface area contributed by atoms with Gasteiger partial charge < -0.3 is 24.6 Å². The summed E-state index contributed by atoms with van der Waals surface area (Å²) in [4.78, 5) is 50.6. The molecule has 1 aliphatic heterocycles. The van der Waals surface area contributed by atoms with Gasteiger partial charge in [-0.2, -0.15) is 0 Å². The Morgan fingerprint density at radius 3 is 2.45 bits per heavy atom. The normalized spacial score (nSPS) is 15.3. The molecule has 3 N–H and O–H groups in total. The van der Waals surface area contributed by atoms with Crippen molar-refractivity contribution in [2.45, 2.75) is 5.92 Å². The second-order valence-corrected chi connectivity index (χ2v) is 9.01. The summed E-state index contributed by atoms with van der Waals surface area (Å²) < 4.78 is 17.3. The van der Waals surface area contributed by atoms with Gasteiger partial charge >= 0.3 is 5.97 Å². The van der Waals surface area contributed by atoms with Crippen molar-refractivity contribution in [1.82, 2.24) is 4.57 Å². The van der Waals surface area contributed by atoms with Gasteiger partial charge in [0.2, 0.25) is 0 Å². The van der Waals surface area contributed by atoms with Gasteiger partial charge in [0.25, 0.3) is 17.2 Å². The van der Waals surface area contributed by atoms with Gasteiger partial charge in [0.1, 0.15) is 22.0 Å². The van der Waals surface area contributed by atoms with Crippen molar-refractivity contribution in [1.29, 1.82) is 0 Å². The number of nitro benzene ring substituents is 1. The summed E-state index contributed by atoms with van der Waals surface area (Å²) >= 11 is 0.979. The molecule has 0 bridgehead atoms. The van der Waals surface area contributed by atoms with E-state index >= 15 is 0 Å². The first-order valence-corrected chi connectivity index (χ1v) is 11.8. The van der Waals surface area contributed by atoms with Crippen LogP contribution in [0.15, 0.2) is 80.3 Å². The highest BCUT2D eigenvalue weighted by molar-refractivity contribution is 7.07. The number of benzene rings is 1.